The van der Waals surface area contributed by atoms with Crippen molar-refractivity contribution in [1.29, 1.82) is 0 Å². The molecule has 4 N–H and O–H groups in total. The maximum atomic E-state index is 14.0. The van der Waals surface area contributed by atoms with Gasteiger partial charge in [-0.05, 0) is 37.0 Å². The summed E-state index contributed by atoms with van der Waals surface area (Å²) < 4.78 is 14.0. The molecule has 3 rings (SSSR count). The minimum absolute atomic E-state index is 0.00249. The summed E-state index contributed by atoms with van der Waals surface area (Å²) >= 11 is 0. The topological polar surface area (TPSA) is 128 Å². The van der Waals surface area contributed by atoms with Crippen LogP contribution in [0.1, 0.15) is 29.4 Å². The molecular formula is C22H23FN4O4. The highest BCUT2D eigenvalue weighted by Crippen LogP contribution is 2.26. The van der Waals surface area contributed by atoms with Crippen molar-refractivity contribution in [1.82, 2.24) is 20.7 Å². The number of amides is 1. The molecular weight excluding hydrogens is 403 g/mol. The van der Waals surface area contributed by atoms with Crippen LogP contribution >= 0.6 is 0 Å². The number of rotatable bonds is 9. The molecule has 1 heterocycles. The minimum atomic E-state index is -1.44. The van der Waals surface area contributed by atoms with Crippen molar-refractivity contribution in [3.8, 4) is 11.1 Å². The lowest BCUT2D eigenvalue weighted by molar-refractivity contribution is -0.151. The number of aliphatic carboxylic acids is 1. The van der Waals surface area contributed by atoms with Gasteiger partial charge < -0.3 is 15.5 Å². The Kier molecular flexibility index (Phi) is 6.76. The van der Waals surface area contributed by atoms with Crippen molar-refractivity contribution in [3.63, 3.8) is 0 Å². The van der Waals surface area contributed by atoms with Crippen molar-refractivity contribution >= 4 is 11.9 Å². The molecule has 31 heavy (non-hydrogen) atoms. The fraction of sp³-hybridized carbons (Fsp3) is 0.273. The molecule has 0 spiro atoms. The Labute approximate surface area is 178 Å². The molecule has 9 heteroatoms. The average Bonchev–Trinajstić information content (AvgIpc) is 3.29. The zero-order valence-corrected chi connectivity index (χ0v) is 16.9. The third-order valence-electron chi connectivity index (χ3n) is 5.17. The fourth-order valence-corrected chi connectivity index (χ4v) is 3.31. The lowest BCUT2D eigenvalue weighted by atomic mass is 9.82. The fourth-order valence-electron chi connectivity index (χ4n) is 3.31. The number of aromatic amines is 1. The van der Waals surface area contributed by atoms with E-state index in [4.69, 9.17) is 0 Å². The number of carbonyl (C=O) groups excluding carboxylic acids is 1. The second-order valence-corrected chi connectivity index (χ2v) is 7.63. The van der Waals surface area contributed by atoms with Crippen molar-refractivity contribution in [2.24, 2.45) is 5.41 Å². The van der Waals surface area contributed by atoms with Crippen molar-refractivity contribution in [2.75, 3.05) is 6.61 Å². The van der Waals surface area contributed by atoms with Crippen LogP contribution in [0.5, 0.6) is 0 Å². The maximum absolute atomic E-state index is 14.0. The number of hydrogen-bond acceptors (Lipinski definition) is 5. The van der Waals surface area contributed by atoms with Crippen molar-refractivity contribution < 1.29 is 24.2 Å². The Morgan fingerprint density at radius 1 is 1.19 bits per heavy atom. The van der Waals surface area contributed by atoms with Gasteiger partial charge in [0.2, 0.25) is 0 Å². The molecule has 0 unspecified atom stereocenters. The molecule has 0 radical (unpaired) electrons. The number of aromatic nitrogens is 3. The number of aliphatic hydroxyl groups is 1. The zero-order chi connectivity index (χ0) is 22.4. The number of nitrogens with one attached hydrogen (secondary N) is 2. The van der Waals surface area contributed by atoms with E-state index in [0.29, 0.717) is 17.5 Å². The smallest absolute Gasteiger partial charge is 0.311 e. The molecule has 0 saturated heterocycles. The van der Waals surface area contributed by atoms with Gasteiger partial charge in [0.25, 0.3) is 5.91 Å². The van der Waals surface area contributed by atoms with Crippen LogP contribution in [-0.4, -0.2) is 50.1 Å². The van der Waals surface area contributed by atoms with Crippen molar-refractivity contribution in [2.45, 2.75) is 25.8 Å². The van der Waals surface area contributed by atoms with E-state index in [1.54, 1.807) is 42.5 Å². The van der Waals surface area contributed by atoms with E-state index in [2.05, 4.69) is 20.7 Å². The molecule has 2 aromatic carbocycles. The largest absolute Gasteiger partial charge is 0.481 e. The van der Waals surface area contributed by atoms with Gasteiger partial charge in [0, 0.05) is 11.6 Å². The maximum Gasteiger partial charge on any atom is 0.311 e. The first kappa shape index (κ1) is 22.1. The van der Waals surface area contributed by atoms with Crippen LogP contribution in [0, 0.1) is 11.2 Å². The first-order chi connectivity index (χ1) is 14.8. The van der Waals surface area contributed by atoms with E-state index in [1.165, 1.54) is 19.2 Å². The Bertz CT molecular complexity index is 1040. The lowest BCUT2D eigenvalue weighted by Gasteiger charge is -2.28. The number of hydrogen-bond donors (Lipinski definition) is 4. The van der Waals surface area contributed by atoms with Gasteiger partial charge in [-0.25, -0.2) is 4.39 Å². The normalized spacial score (nSPS) is 13.9. The number of nitrogens with zero attached hydrogens (tertiary/aromatic N) is 2. The first-order valence-corrected chi connectivity index (χ1v) is 9.67. The van der Waals surface area contributed by atoms with E-state index in [0.717, 1.165) is 5.56 Å². The summed E-state index contributed by atoms with van der Waals surface area (Å²) in [5.41, 5.74) is 0.631. The third kappa shape index (κ3) is 5.32. The minimum Gasteiger partial charge on any atom is -0.481 e. The van der Waals surface area contributed by atoms with Gasteiger partial charge in [0.05, 0.1) is 18.2 Å². The van der Waals surface area contributed by atoms with Gasteiger partial charge in [0.15, 0.2) is 5.69 Å². The molecule has 3 aromatic rings. The van der Waals surface area contributed by atoms with E-state index < -0.39 is 29.9 Å². The Morgan fingerprint density at radius 2 is 1.90 bits per heavy atom. The third-order valence-corrected chi connectivity index (χ3v) is 5.17. The summed E-state index contributed by atoms with van der Waals surface area (Å²) in [6, 6.07) is 13.0. The average molecular weight is 426 g/mol. The summed E-state index contributed by atoms with van der Waals surface area (Å²) in [7, 11) is 0. The van der Waals surface area contributed by atoms with Crippen LogP contribution in [0.25, 0.3) is 11.1 Å². The van der Waals surface area contributed by atoms with Crippen LogP contribution in [-0.2, 0) is 11.2 Å². The number of H-pyrrole nitrogens is 1. The number of carboxylic acids is 1. The lowest BCUT2D eigenvalue weighted by Crippen LogP contribution is -2.44. The molecule has 0 bridgehead atoms. The number of carboxylic acid groups (broad SMARTS) is 1. The van der Waals surface area contributed by atoms with Gasteiger partial charge in [-0.3, -0.25) is 9.59 Å². The first-order valence-electron chi connectivity index (χ1n) is 9.67. The molecule has 0 fully saturated rings. The number of aliphatic hydroxyl groups excluding tert-OH is 1. The number of halogens is 1. The van der Waals surface area contributed by atoms with Gasteiger partial charge in [-0.2, -0.15) is 15.4 Å². The quantitative estimate of drug-likeness (QED) is 0.416. The standard InChI is InChI=1S/C22H23FN4O4/c1-22(13-28,21(30)31)11-16(25-20(29)19-12-24-27-26-19)10-14-6-8-15(9-7-14)17-4-2-3-5-18(17)23/h2-9,12,16,28H,10-11,13H2,1H3,(H,25,29)(H,30,31)(H,24,26,27)/t16-,22+/m1/s1. The highest BCUT2D eigenvalue weighted by atomic mass is 19.1. The molecule has 2 atom stereocenters. The Morgan fingerprint density at radius 3 is 2.48 bits per heavy atom. The summed E-state index contributed by atoms with van der Waals surface area (Å²) in [4.78, 5) is 24.1. The monoisotopic (exact) mass is 426 g/mol. The van der Waals surface area contributed by atoms with Crippen molar-refractivity contribution in [3.05, 3.63) is 71.8 Å². The molecule has 0 aliphatic rings. The van der Waals surface area contributed by atoms with Crippen LogP contribution in [0.2, 0.25) is 0 Å². The van der Waals surface area contributed by atoms with Crippen LogP contribution in [0.15, 0.2) is 54.7 Å². The molecule has 8 nitrogen and oxygen atoms in total. The van der Waals surface area contributed by atoms with Crippen LogP contribution in [0.4, 0.5) is 4.39 Å². The second-order valence-electron chi connectivity index (χ2n) is 7.63. The van der Waals surface area contributed by atoms with Crippen LogP contribution < -0.4 is 5.32 Å². The molecule has 1 aromatic heterocycles. The predicted molar refractivity (Wildman–Crippen MR) is 111 cm³/mol. The van der Waals surface area contributed by atoms with E-state index >= 15 is 0 Å². The number of carbonyl (C=O) groups is 2. The summed E-state index contributed by atoms with van der Waals surface area (Å²) in [6.45, 7) is 0.844. The summed E-state index contributed by atoms with van der Waals surface area (Å²) in [5.74, 6) is -1.99. The zero-order valence-electron chi connectivity index (χ0n) is 16.9. The number of benzene rings is 2. The van der Waals surface area contributed by atoms with E-state index in [9.17, 15) is 24.2 Å². The molecule has 1 amide bonds. The van der Waals surface area contributed by atoms with Crippen LogP contribution in [0.3, 0.4) is 0 Å². The van der Waals surface area contributed by atoms with E-state index in [1.807, 2.05) is 0 Å². The molecule has 162 valence electrons. The Balaban J connectivity index is 1.81. The Hall–Kier alpha value is -3.59. The molecule has 0 aliphatic heterocycles. The predicted octanol–water partition coefficient (Wildman–Crippen LogP) is 2.43. The van der Waals surface area contributed by atoms with Gasteiger partial charge in [0.1, 0.15) is 5.82 Å². The summed E-state index contributed by atoms with van der Waals surface area (Å²) in [6.07, 6.45) is 1.57. The summed E-state index contributed by atoms with van der Waals surface area (Å²) in [5, 5.41) is 31.6. The SMILES string of the molecule is C[C@@](CO)(C[C@@H](Cc1ccc(-c2ccccc2F)cc1)NC(=O)c1cn[nH]n1)C(=O)O. The highest BCUT2D eigenvalue weighted by molar-refractivity contribution is 5.92. The van der Waals surface area contributed by atoms with E-state index in [-0.39, 0.29) is 17.9 Å². The second kappa shape index (κ2) is 9.48. The van der Waals surface area contributed by atoms with Gasteiger partial charge in [-0.15, -0.1) is 0 Å². The molecule has 0 saturated carbocycles. The molecule has 0 aliphatic carbocycles. The van der Waals surface area contributed by atoms with Gasteiger partial charge >= 0.3 is 5.97 Å². The van der Waals surface area contributed by atoms with Gasteiger partial charge in [-0.1, -0.05) is 42.5 Å². The highest BCUT2D eigenvalue weighted by Gasteiger charge is 2.36.